The molecule has 1 fully saturated rings. The summed E-state index contributed by atoms with van der Waals surface area (Å²) in [6.45, 7) is 0. The highest BCUT2D eigenvalue weighted by Crippen LogP contribution is 2.29. The van der Waals surface area contributed by atoms with Gasteiger partial charge in [0.15, 0.2) is 11.0 Å². The molecule has 1 saturated carbocycles. The minimum Gasteiger partial charge on any atom is -0.375 e. The Balaban J connectivity index is 1.51. The Morgan fingerprint density at radius 3 is 2.90 bits per heavy atom. The number of nitrogen functional groups attached to an aromatic ring is 1. The van der Waals surface area contributed by atoms with Gasteiger partial charge in [-0.05, 0) is 12.8 Å². The summed E-state index contributed by atoms with van der Waals surface area (Å²) in [5, 5.41) is 7.31. The van der Waals surface area contributed by atoms with E-state index in [2.05, 4.69) is 15.1 Å². The van der Waals surface area contributed by atoms with E-state index in [1.165, 1.54) is 43.4 Å². The highest BCUT2D eigenvalue weighted by molar-refractivity contribution is 7.99. The first kappa shape index (κ1) is 13.9. The van der Waals surface area contributed by atoms with Crippen LogP contribution in [0.1, 0.15) is 49.5 Å². The van der Waals surface area contributed by atoms with Crippen LogP contribution < -0.4 is 5.73 Å². The molecular weight excluding hydrogens is 292 g/mol. The summed E-state index contributed by atoms with van der Waals surface area (Å²) in [6, 6.07) is 0. The molecule has 20 heavy (non-hydrogen) atoms. The van der Waals surface area contributed by atoms with E-state index in [0.717, 1.165) is 22.5 Å². The molecular formula is C13H18N4OS2. The molecule has 108 valence electrons. The lowest BCUT2D eigenvalue weighted by molar-refractivity contribution is 0.380. The van der Waals surface area contributed by atoms with E-state index < -0.39 is 0 Å². The number of anilines is 1. The van der Waals surface area contributed by atoms with Gasteiger partial charge in [0.05, 0.1) is 17.9 Å². The molecule has 0 aromatic carbocycles. The van der Waals surface area contributed by atoms with E-state index >= 15 is 0 Å². The third-order valence-electron chi connectivity index (χ3n) is 3.41. The Bertz CT molecular complexity index is 548. The average molecular weight is 310 g/mol. The Morgan fingerprint density at radius 2 is 2.15 bits per heavy atom. The molecule has 0 aliphatic heterocycles. The highest BCUT2D eigenvalue weighted by Gasteiger charge is 2.15. The van der Waals surface area contributed by atoms with Gasteiger partial charge in [-0.3, -0.25) is 0 Å². The molecule has 0 unspecified atom stereocenters. The minimum atomic E-state index is 0.564. The third kappa shape index (κ3) is 3.73. The van der Waals surface area contributed by atoms with Gasteiger partial charge in [0.2, 0.25) is 5.89 Å². The first-order valence-corrected chi connectivity index (χ1v) is 8.85. The number of rotatable bonds is 5. The SMILES string of the molecule is Nc1nc(Cc2nc(CSC3CCCCC3)no2)cs1. The van der Waals surface area contributed by atoms with Crippen LogP contribution in [0.15, 0.2) is 9.90 Å². The van der Waals surface area contributed by atoms with Crippen molar-refractivity contribution in [3.8, 4) is 0 Å². The van der Waals surface area contributed by atoms with Gasteiger partial charge in [-0.15, -0.1) is 11.3 Å². The van der Waals surface area contributed by atoms with Crippen LogP contribution in [0.25, 0.3) is 0 Å². The van der Waals surface area contributed by atoms with Gasteiger partial charge < -0.3 is 10.3 Å². The van der Waals surface area contributed by atoms with E-state index in [1.807, 2.05) is 17.1 Å². The van der Waals surface area contributed by atoms with Gasteiger partial charge in [-0.25, -0.2) is 4.98 Å². The van der Waals surface area contributed by atoms with Crippen molar-refractivity contribution >= 4 is 28.2 Å². The van der Waals surface area contributed by atoms with Crippen molar-refractivity contribution in [3.63, 3.8) is 0 Å². The van der Waals surface area contributed by atoms with Crippen LogP contribution in [-0.2, 0) is 12.2 Å². The van der Waals surface area contributed by atoms with Gasteiger partial charge in [-0.1, -0.05) is 24.4 Å². The second kappa shape index (κ2) is 6.58. The van der Waals surface area contributed by atoms with E-state index in [9.17, 15) is 0 Å². The lowest BCUT2D eigenvalue weighted by Crippen LogP contribution is -2.08. The molecule has 0 radical (unpaired) electrons. The van der Waals surface area contributed by atoms with Crippen LogP contribution in [0.3, 0.4) is 0 Å². The van der Waals surface area contributed by atoms with Crippen molar-refractivity contribution in [2.45, 2.75) is 49.5 Å². The molecule has 3 rings (SSSR count). The van der Waals surface area contributed by atoms with Gasteiger partial charge in [0.25, 0.3) is 0 Å². The Morgan fingerprint density at radius 1 is 1.30 bits per heavy atom. The molecule has 2 N–H and O–H groups in total. The van der Waals surface area contributed by atoms with Crippen LogP contribution in [0, 0.1) is 0 Å². The first-order valence-electron chi connectivity index (χ1n) is 6.92. The summed E-state index contributed by atoms with van der Waals surface area (Å²) in [4.78, 5) is 8.62. The summed E-state index contributed by atoms with van der Waals surface area (Å²) in [5.74, 6) is 2.25. The van der Waals surface area contributed by atoms with E-state index in [0.29, 0.717) is 17.4 Å². The summed E-state index contributed by atoms with van der Waals surface area (Å²) in [7, 11) is 0. The molecule has 0 spiro atoms. The number of nitrogens with two attached hydrogens (primary N) is 1. The van der Waals surface area contributed by atoms with E-state index in [-0.39, 0.29) is 0 Å². The number of aromatic nitrogens is 3. The Hall–Kier alpha value is -1.08. The van der Waals surface area contributed by atoms with E-state index in [1.54, 1.807) is 0 Å². The maximum atomic E-state index is 5.61. The molecule has 1 aliphatic rings. The van der Waals surface area contributed by atoms with Crippen molar-refractivity contribution in [2.24, 2.45) is 0 Å². The molecule has 0 saturated heterocycles. The Kier molecular flexibility index (Phi) is 4.57. The molecule has 0 amide bonds. The zero-order chi connectivity index (χ0) is 13.8. The monoisotopic (exact) mass is 310 g/mol. The fraction of sp³-hybridized carbons (Fsp3) is 0.615. The van der Waals surface area contributed by atoms with Gasteiger partial charge in [0.1, 0.15) is 0 Å². The van der Waals surface area contributed by atoms with E-state index in [4.69, 9.17) is 10.3 Å². The lowest BCUT2D eigenvalue weighted by Gasteiger charge is -2.19. The minimum absolute atomic E-state index is 0.564. The number of nitrogens with zero attached hydrogens (tertiary/aromatic N) is 3. The van der Waals surface area contributed by atoms with Crippen molar-refractivity contribution in [1.82, 2.24) is 15.1 Å². The van der Waals surface area contributed by atoms with Crippen LogP contribution in [0.2, 0.25) is 0 Å². The molecule has 2 heterocycles. The predicted octanol–water partition coefficient (Wildman–Crippen LogP) is 3.27. The van der Waals surface area contributed by atoms with Crippen molar-refractivity contribution in [1.29, 1.82) is 0 Å². The summed E-state index contributed by atoms with van der Waals surface area (Å²) >= 11 is 3.39. The van der Waals surface area contributed by atoms with Gasteiger partial charge >= 0.3 is 0 Å². The van der Waals surface area contributed by atoms with Crippen LogP contribution in [-0.4, -0.2) is 20.4 Å². The van der Waals surface area contributed by atoms with Crippen molar-refractivity contribution in [3.05, 3.63) is 22.8 Å². The quantitative estimate of drug-likeness (QED) is 0.913. The van der Waals surface area contributed by atoms with Gasteiger partial charge in [-0.2, -0.15) is 16.7 Å². The standard InChI is InChI=1S/C13H18N4OS2/c14-13-15-9(7-20-13)6-12-16-11(17-18-12)8-19-10-4-2-1-3-5-10/h7,10H,1-6,8H2,(H2,14,15). The summed E-state index contributed by atoms with van der Waals surface area (Å²) in [6.07, 6.45) is 7.33. The number of hydrogen-bond donors (Lipinski definition) is 1. The third-order valence-corrected chi connectivity index (χ3v) is 5.50. The second-order valence-electron chi connectivity index (χ2n) is 5.03. The fourth-order valence-electron chi connectivity index (χ4n) is 2.40. The van der Waals surface area contributed by atoms with Crippen molar-refractivity contribution in [2.75, 3.05) is 5.73 Å². The van der Waals surface area contributed by atoms with Gasteiger partial charge in [0, 0.05) is 10.6 Å². The van der Waals surface area contributed by atoms with Crippen LogP contribution >= 0.6 is 23.1 Å². The smallest absolute Gasteiger partial charge is 0.232 e. The molecule has 0 bridgehead atoms. The topological polar surface area (TPSA) is 77.8 Å². The maximum Gasteiger partial charge on any atom is 0.232 e. The largest absolute Gasteiger partial charge is 0.375 e. The molecule has 2 aromatic heterocycles. The number of hydrogen-bond acceptors (Lipinski definition) is 7. The fourth-order valence-corrected chi connectivity index (χ4v) is 4.14. The summed E-state index contributed by atoms with van der Waals surface area (Å²) < 4.78 is 5.27. The number of thiazole rings is 1. The van der Waals surface area contributed by atoms with Crippen LogP contribution in [0.4, 0.5) is 5.13 Å². The zero-order valence-corrected chi connectivity index (χ0v) is 12.9. The normalized spacial score (nSPS) is 16.6. The molecule has 5 nitrogen and oxygen atoms in total. The number of thioether (sulfide) groups is 1. The average Bonchev–Trinajstić information content (AvgIpc) is 3.08. The molecule has 2 aromatic rings. The molecule has 7 heteroatoms. The predicted molar refractivity (Wildman–Crippen MR) is 81.8 cm³/mol. The van der Waals surface area contributed by atoms with Crippen molar-refractivity contribution < 1.29 is 4.52 Å². The summed E-state index contributed by atoms with van der Waals surface area (Å²) in [5.41, 5.74) is 6.50. The highest BCUT2D eigenvalue weighted by atomic mass is 32.2. The first-order chi connectivity index (χ1) is 9.79. The maximum absolute atomic E-state index is 5.61. The Labute approximate surface area is 126 Å². The lowest BCUT2D eigenvalue weighted by atomic mass is 10.0. The second-order valence-corrected chi connectivity index (χ2v) is 7.21. The molecule has 1 aliphatic carbocycles. The zero-order valence-electron chi connectivity index (χ0n) is 11.2. The molecule has 0 atom stereocenters. The van der Waals surface area contributed by atoms with Crippen LogP contribution in [0.5, 0.6) is 0 Å².